The summed E-state index contributed by atoms with van der Waals surface area (Å²) >= 11 is 1.74. The van der Waals surface area contributed by atoms with Crippen LogP contribution in [0.2, 0.25) is 0 Å². The first-order valence-electron chi connectivity index (χ1n) is 18.5. The molecule has 4 aliphatic heterocycles. The van der Waals surface area contributed by atoms with E-state index in [0.29, 0.717) is 52.3 Å². The number of aromatic nitrogens is 2. The molecule has 0 radical (unpaired) electrons. The molecule has 13 nitrogen and oxygen atoms in total. The molecule has 1 aliphatic carbocycles. The van der Waals surface area contributed by atoms with E-state index in [1.165, 1.54) is 6.07 Å². The van der Waals surface area contributed by atoms with Crippen LogP contribution >= 0.6 is 11.8 Å². The number of carbonyl (C=O) groups excluding carboxylic acids is 4. The molecule has 1 atom stereocenters. The molecule has 53 heavy (non-hydrogen) atoms. The number of amides is 4. The summed E-state index contributed by atoms with van der Waals surface area (Å²) in [5, 5.41) is 2.62. The Balaban J connectivity index is 0.777. The van der Waals surface area contributed by atoms with E-state index < -0.39 is 41.0 Å². The molecule has 1 unspecified atom stereocenters. The predicted octanol–water partition coefficient (Wildman–Crippen LogP) is 3.82. The van der Waals surface area contributed by atoms with Crippen LogP contribution in [0.5, 0.6) is 11.5 Å². The summed E-state index contributed by atoms with van der Waals surface area (Å²) in [6, 6.07) is 6.77. The minimum Gasteiger partial charge on any atom is -0.493 e. The van der Waals surface area contributed by atoms with Crippen LogP contribution in [0.3, 0.4) is 0 Å². The van der Waals surface area contributed by atoms with Gasteiger partial charge in [0.15, 0.2) is 0 Å². The largest absolute Gasteiger partial charge is 0.493 e. The number of hydrogen-bond acceptors (Lipinski definition) is 11. The maximum atomic E-state index is 15.0. The first-order valence-corrected chi connectivity index (χ1v) is 19.5. The van der Waals surface area contributed by atoms with Crippen molar-refractivity contribution >= 4 is 46.3 Å². The molecule has 5 aliphatic rings. The fourth-order valence-corrected chi connectivity index (χ4v) is 9.05. The quantitative estimate of drug-likeness (QED) is 0.275. The first-order chi connectivity index (χ1) is 25.7. The highest BCUT2D eigenvalue weighted by atomic mass is 32.2. The minimum atomic E-state index is -1.00. The average Bonchev–Trinajstić information content (AvgIpc) is 3.37. The summed E-state index contributed by atoms with van der Waals surface area (Å²) in [7, 11) is 0. The molecular weight excluding hydrogens is 706 g/mol. The van der Waals surface area contributed by atoms with Crippen molar-refractivity contribution in [2.45, 2.75) is 74.5 Å². The Hall–Kier alpha value is -4.34. The van der Waals surface area contributed by atoms with Crippen molar-refractivity contribution in [1.82, 2.24) is 25.1 Å². The van der Waals surface area contributed by atoms with Crippen molar-refractivity contribution in [3.8, 4) is 11.5 Å². The van der Waals surface area contributed by atoms with Gasteiger partial charge in [0.2, 0.25) is 11.8 Å². The highest BCUT2D eigenvalue weighted by Crippen LogP contribution is 2.36. The lowest BCUT2D eigenvalue weighted by Crippen LogP contribution is -2.54. The normalized spacial score (nSPS) is 24.3. The van der Waals surface area contributed by atoms with Crippen molar-refractivity contribution in [2.75, 3.05) is 39.5 Å². The zero-order valence-corrected chi connectivity index (χ0v) is 30.1. The topological polar surface area (TPSA) is 160 Å². The number of imide groups is 2. The number of aromatic amines is 1. The molecule has 4 fully saturated rings. The molecule has 280 valence electrons. The van der Waals surface area contributed by atoms with Crippen molar-refractivity contribution in [3.63, 3.8) is 0 Å². The molecule has 0 bridgehead atoms. The maximum Gasteiger partial charge on any atom is 0.262 e. The second-order valence-electron chi connectivity index (χ2n) is 14.7. The summed E-state index contributed by atoms with van der Waals surface area (Å²) in [6.45, 7) is 4.81. The van der Waals surface area contributed by atoms with E-state index in [9.17, 15) is 24.0 Å². The van der Waals surface area contributed by atoms with Crippen LogP contribution in [0.25, 0.3) is 10.9 Å². The van der Waals surface area contributed by atoms with E-state index in [1.54, 1.807) is 36.0 Å². The number of likely N-dealkylation sites (tertiary alicyclic amines) is 1. The number of halogens is 1. The summed E-state index contributed by atoms with van der Waals surface area (Å²) in [5.41, 5.74) is 0.272. The van der Waals surface area contributed by atoms with Crippen LogP contribution in [0, 0.1) is 17.7 Å². The lowest BCUT2D eigenvalue weighted by Gasteiger charge is -2.40. The SMILES string of the molecule is O=C1CCC(N2C(=O)c3ccc(OC4CC(CN5CCC(COc6cc(F)c7c(=O)[nH]c(CSC8CCOCC8)nc7c6)CC5)C4)cc3C2=O)C(=O)N1. The van der Waals surface area contributed by atoms with Gasteiger partial charge in [-0.3, -0.25) is 34.2 Å². The number of benzene rings is 2. The van der Waals surface area contributed by atoms with Crippen LogP contribution in [0.1, 0.15) is 77.9 Å². The maximum absolute atomic E-state index is 15.0. The second-order valence-corrected chi connectivity index (χ2v) is 16.0. The lowest BCUT2D eigenvalue weighted by atomic mass is 9.81. The monoisotopic (exact) mass is 747 g/mol. The summed E-state index contributed by atoms with van der Waals surface area (Å²) in [5.74, 6) is 0.0330. The summed E-state index contributed by atoms with van der Waals surface area (Å²) in [6.07, 6.45) is 5.83. The first kappa shape index (κ1) is 35.7. The Morgan fingerprint density at radius 2 is 1.68 bits per heavy atom. The molecule has 1 aromatic heterocycles. The molecule has 4 amide bonds. The van der Waals surface area contributed by atoms with Gasteiger partial charge < -0.3 is 24.1 Å². The number of hydrogen-bond donors (Lipinski definition) is 2. The van der Waals surface area contributed by atoms with Crippen molar-refractivity contribution in [2.24, 2.45) is 11.8 Å². The fourth-order valence-electron chi connectivity index (χ4n) is 7.99. The van der Waals surface area contributed by atoms with Crippen LogP contribution in [-0.2, 0) is 20.1 Å². The molecule has 3 saturated heterocycles. The third-order valence-corrected chi connectivity index (χ3v) is 12.4. The van der Waals surface area contributed by atoms with Crippen LogP contribution < -0.4 is 20.3 Å². The predicted molar refractivity (Wildman–Crippen MR) is 192 cm³/mol. The number of rotatable bonds is 11. The van der Waals surface area contributed by atoms with Crippen LogP contribution in [0.4, 0.5) is 4.39 Å². The molecule has 0 spiro atoms. The minimum absolute atomic E-state index is 0.0108. The van der Waals surface area contributed by atoms with E-state index in [-0.39, 0.29) is 35.5 Å². The smallest absolute Gasteiger partial charge is 0.262 e. The standard InChI is InChI=1S/C38H42FN5O8S/c39-29-16-24(17-30-34(29)36(47)41-32(40-30)20-53-26-7-11-50-12-8-26)51-19-21-5-9-43(10-6-21)18-22-13-25(14-22)52-23-1-2-27-28(15-23)38(49)44(37(27)48)31-3-4-33(45)42-35(31)46/h1-2,15-17,21-22,25-26,31H,3-14,18-20H2,(H,40,41,47)(H,42,45,46). The Morgan fingerprint density at radius 1 is 0.906 bits per heavy atom. The van der Waals surface area contributed by atoms with E-state index >= 15 is 4.39 Å². The number of fused-ring (bicyclic) bond motifs is 2. The van der Waals surface area contributed by atoms with Gasteiger partial charge in [-0.15, -0.1) is 0 Å². The molecular formula is C38H42FN5O8S. The van der Waals surface area contributed by atoms with Crippen LogP contribution in [-0.4, -0.2) is 100 Å². The third-order valence-electron chi connectivity index (χ3n) is 11.0. The van der Waals surface area contributed by atoms with Gasteiger partial charge in [-0.1, -0.05) is 0 Å². The van der Waals surface area contributed by atoms with E-state index in [2.05, 4.69) is 20.2 Å². The van der Waals surface area contributed by atoms with Crippen LogP contribution in [0.15, 0.2) is 35.1 Å². The second kappa shape index (κ2) is 15.2. The Labute approximate surface area is 309 Å². The van der Waals surface area contributed by atoms with Crippen molar-refractivity contribution in [1.29, 1.82) is 0 Å². The molecule has 2 aromatic carbocycles. The number of thioether (sulfide) groups is 1. The van der Waals surface area contributed by atoms with Gasteiger partial charge in [0.05, 0.1) is 35.1 Å². The number of nitrogens with zero attached hydrogens (tertiary/aromatic N) is 3. The van der Waals surface area contributed by atoms with Gasteiger partial charge in [0.25, 0.3) is 17.4 Å². The number of piperidine rings is 2. The van der Waals surface area contributed by atoms with Gasteiger partial charge in [-0.05, 0) is 88.1 Å². The highest BCUT2D eigenvalue weighted by Gasteiger charge is 2.45. The van der Waals surface area contributed by atoms with Gasteiger partial charge >= 0.3 is 0 Å². The lowest BCUT2D eigenvalue weighted by molar-refractivity contribution is -0.136. The number of ether oxygens (including phenoxy) is 3. The summed E-state index contributed by atoms with van der Waals surface area (Å²) in [4.78, 5) is 73.4. The molecule has 5 heterocycles. The van der Waals surface area contributed by atoms with E-state index in [0.717, 1.165) is 76.3 Å². The zero-order valence-electron chi connectivity index (χ0n) is 29.3. The molecule has 3 aromatic rings. The summed E-state index contributed by atoms with van der Waals surface area (Å²) < 4.78 is 32.7. The van der Waals surface area contributed by atoms with Crippen molar-refractivity contribution in [3.05, 3.63) is 63.5 Å². The Morgan fingerprint density at radius 3 is 2.45 bits per heavy atom. The Bertz CT molecular complexity index is 1990. The molecule has 15 heteroatoms. The van der Waals surface area contributed by atoms with Gasteiger partial charge in [-0.25, -0.2) is 9.37 Å². The molecule has 8 rings (SSSR count). The van der Waals surface area contributed by atoms with Gasteiger partial charge in [0, 0.05) is 43.6 Å². The fraction of sp³-hybridized carbons (Fsp3) is 0.526. The number of H-pyrrole nitrogens is 1. The van der Waals surface area contributed by atoms with E-state index in [1.807, 2.05) is 0 Å². The third kappa shape index (κ3) is 7.69. The molecule has 2 N–H and O–H groups in total. The zero-order chi connectivity index (χ0) is 36.6. The van der Waals surface area contributed by atoms with E-state index in [4.69, 9.17) is 14.2 Å². The van der Waals surface area contributed by atoms with Crippen molar-refractivity contribution < 1.29 is 37.8 Å². The molecule has 1 saturated carbocycles. The Kier molecular flexibility index (Phi) is 10.2. The average molecular weight is 748 g/mol. The van der Waals surface area contributed by atoms with Gasteiger partial charge in [-0.2, -0.15) is 11.8 Å². The van der Waals surface area contributed by atoms with Gasteiger partial charge in [0.1, 0.15) is 34.6 Å². The highest BCUT2D eigenvalue weighted by molar-refractivity contribution is 7.99. The number of carbonyl (C=O) groups is 4. The number of nitrogens with one attached hydrogen (secondary N) is 2.